The summed E-state index contributed by atoms with van der Waals surface area (Å²) in [5, 5.41) is 7.28. The van der Waals surface area contributed by atoms with Crippen LogP contribution in [0.2, 0.25) is 0 Å². The van der Waals surface area contributed by atoms with Crippen LogP contribution >= 0.6 is 0 Å². The maximum absolute atomic E-state index is 12.3. The second kappa shape index (κ2) is 8.84. The lowest BCUT2D eigenvalue weighted by molar-refractivity contribution is 0.0525. The summed E-state index contributed by atoms with van der Waals surface area (Å²) in [6.07, 6.45) is 7.81. The fourth-order valence-electron chi connectivity index (χ4n) is 3.62. The summed E-state index contributed by atoms with van der Waals surface area (Å²) in [6, 6.07) is 7.23. The van der Waals surface area contributed by atoms with E-state index in [-0.39, 0.29) is 11.9 Å². The molecule has 6 heteroatoms. The molecule has 0 radical (unpaired) electrons. The molecule has 0 aliphatic heterocycles. The Morgan fingerprint density at radius 3 is 2.59 bits per heavy atom. The zero-order valence-corrected chi connectivity index (χ0v) is 16.0. The van der Waals surface area contributed by atoms with Gasteiger partial charge in [-0.15, -0.1) is 0 Å². The maximum atomic E-state index is 12.3. The molecule has 3 rings (SSSR count). The van der Waals surface area contributed by atoms with Crippen LogP contribution in [0.5, 0.6) is 0 Å². The number of nitrogens with zero attached hydrogens (tertiary/aromatic N) is 2. The summed E-state index contributed by atoms with van der Waals surface area (Å²) in [4.78, 5) is 24.2. The molecule has 1 aromatic heterocycles. The van der Waals surface area contributed by atoms with Crippen molar-refractivity contribution >= 4 is 11.9 Å². The summed E-state index contributed by atoms with van der Waals surface area (Å²) in [7, 11) is 0. The van der Waals surface area contributed by atoms with E-state index in [0.29, 0.717) is 23.4 Å². The Kier molecular flexibility index (Phi) is 6.27. The third-order valence-corrected chi connectivity index (χ3v) is 5.19. The molecule has 1 fully saturated rings. The standard InChI is InChI=1S/C21H27N3O3/c1-3-27-21(26)19-14-23-24(15(19)2)18-10-8-17(9-11-18)20(25)22-13-12-16-6-4-5-7-16/h8-11,14,16H,3-7,12-13H2,1-2H3,(H,22,25). The molecular weight excluding hydrogens is 342 g/mol. The number of aromatic nitrogens is 2. The van der Waals surface area contributed by atoms with Gasteiger partial charge in [0, 0.05) is 12.1 Å². The third-order valence-electron chi connectivity index (χ3n) is 5.19. The van der Waals surface area contributed by atoms with E-state index in [0.717, 1.165) is 24.6 Å². The Bertz CT molecular complexity index is 790. The minimum Gasteiger partial charge on any atom is -0.462 e. The van der Waals surface area contributed by atoms with E-state index in [4.69, 9.17) is 4.74 Å². The third kappa shape index (κ3) is 4.56. The molecule has 1 amide bonds. The van der Waals surface area contributed by atoms with Crippen molar-refractivity contribution in [3.63, 3.8) is 0 Å². The first kappa shape index (κ1) is 19.1. The molecule has 1 heterocycles. The van der Waals surface area contributed by atoms with Crippen molar-refractivity contribution in [1.82, 2.24) is 15.1 Å². The second-order valence-electron chi connectivity index (χ2n) is 7.02. The van der Waals surface area contributed by atoms with Gasteiger partial charge < -0.3 is 10.1 Å². The molecule has 0 atom stereocenters. The quantitative estimate of drug-likeness (QED) is 0.756. The van der Waals surface area contributed by atoms with E-state index in [1.54, 1.807) is 23.7 Å². The summed E-state index contributed by atoms with van der Waals surface area (Å²) in [6.45, 7) is 4.65. The molecule has 2 aromatic rings. The first-order chi connectivity index (χ1) is 13.1. The normalized spacial score (nSPS) is 14.3. The van der Waals surface area contributed by atoms with Gasteiger partial charge in [0.2, 0.25) is 0 Å². The summed E-state index contributed by atoms with van der Waals surface area (Å²) >= 11 is 0. The number of carbonyl (C=O) groups excluding carboxylic acids is 2. The Hall–Kier alpha value is -2.63. The highest BCUT2D eigenvalue weighted by molar-refractivity contribution is 5.94. The molecule has 0 saturated heterocycles. The number of nitrogens with one attached hydrogen (secondary N) is 1. The number of amides is 1. The van der Waals surface area contributed by atoms with Gasteiger partial charge in [-0.2, -0.15) is 5.10 Å². The summed E-state index contributed by atoms with van der Waals surface area (Å²) in [5.41, 5.74) is 2.58. The number of ether oxygens (including phenoxy) is 1. The van der Waals surface area contributed by atoms with E-state index in [1.165, 1.54) is 31.9 Å². The molecule has 144 valence electrons. The second-order valence-corrected chi connectivity index (χ2v) is 7.02. The number of esters is 1. The molecule has 1 aliphatic carbocycles. The van der Waals surface area contributed by atoms with Crippen LogP contribution in [-0.2, 0) is 4.74 Å². The number of carbonyl (C=O) groups is 2. The van der Waals surface area contributed by atoms with Gasteiger partial charge in [0.05, 0.1) is 24.2 Å². The largest absolute Gasteiger partial charge is 0.462 e. The molecule has 1 aromatic carbocycles. The summed E-state index contributed by atoms with van der Waals surface area (Å²) in [5.74, 6) is 0.340. The van der Waals surface area contributed by atoms with Gasteiger partial charge in [0.15, 0.2) is 0 Å². The molecule has 0 bridgehead atoms. The Balaban J connectivity index is 1.61. The fraction of sp³-hybridized carbons (Fsp3) is 0.476. The highest BCUT2D eigenvalue weighted by atomic mass is 16.5. The maximum Gasteiger partial charge on any atom is 0.341 e. The van der Waals surface area contributed by atoms with Crippen molar-refractivity contribution in [3.05, 3.63) is 47.3 Å². The lowest BCUT2D eigenvalue weighted by Crippen LogP contribution is -2.25. The smallest absolute Gasteiger partial charge is 0.341 e. The van der Waals surface area contributed by atoms with Crippen LogP contribution in [0, 0.1) is 12.8 Å². The SMILES string of the molecule is CCOC(=O)c1cnn(-c2ccc(C(=O)NCCC3CCCC3)cc2)c1C. The molecule has 0 spiro atoms. The summed E-state index contributed by atoms with van der Waals surface area (Å²) < 4.78 is 6.71. The number of hydrogen-bond acceptors (Lipinski definition) is 4. The van der Waals surface area contributed by atoms with Crippen molar-refractivity contribution in [3.8, 4) is 5.69 Å². The molecule has 0 unspecified atom stereocenters. The van der Waals surface area contributed by atoms with Gasteiger partial charge in [-0.25, -0.2) is 9.48 Å². The van der Waals surface area contributed by atoms with E-state index >= 15 is 0 Å². The van der Waals surface area contributed by atoms with Gasteiger partial charge in [-0.3, -0.25) is 4.79 Å². The Morgan fingerprint density at radius 2 is 1.93 bits per heavy atom. The lowest BCUT2D eigenvalue weighted by atomic mass is 10.0. The monoisotopic (exact) mass is 369 g/mol. The van der Waals surface area contributed by atoms with Crippen LogP contribution in [0.25, 0.3) is 5.69 Å². The molecule has 1 saturated carbocycles. The van der Waals surface area contributed by atoms with Gasteiger partial charge >= 0.3 is 5.97 Å². The number of rotatable bonds is 7. The van der Waals surface area contributed by atoms with Gasteiger partial charge in [-0.1, -0.05) is 25.7 Å². The van der Waals surface area contributed by atoms with Gasteiger partial charge in [-0.05, 0) is 50.5 Å². The zero-order chi connectivity index (χ0) is 19.2. The van der Waals surface area contributed by atoms with Crippen molar-refractivity contribution in [2.75, 3.05) is 13.2 Å². The van der Waals surface area contributed by atoms with Crippen LogP contribution in [-0.4, -0.2) is 34.8 Å². The minimum absolute atomic E-state index is 0.0519. The Morgan fingerprint density at radius 1 is 1.22 bits per heavy atom. The lowest BCUT2D eigenvalue weighted by Gasteiger charge is -2.10. The molecule has 27 heavy (non-hydrogen) atoms. The van der Waals surface area contributed by atoms with Crippen LogP contribution in [0.1, 0.15) is 65.4 Å². The average molecular weight is 369 g/mol. The minimum atomic E-state index is -0.375. The predicted molar refractivity (Wildman–Crippen MR) is 103 cm³/mol. The van der Waals surface area contributed by atoms with E-state index < -0.39 is 0 Å². The fourth-order valence-corrected chi connectivity index (χ4v) is 3.62. The van der Waals surface area contributed by atoms with Crippen LogP contribution < -0.4 is 5.32 Å². The zero-order valence-electron chi connectivity index (χ0n) is 16.0. The molecule has 1 aliphatic rings. The highest BCUT2D eigenvalue weighted by Crippen LogP contribution is 2.26. The first-order valence-electron chi connectivity index (χ1n) is 9.70. The number of hydrogen-bond donors (Lipinski definition) is 1. The van der Waals surface area contributed by atoms with Gasteiger partial charge in [0.25, 0.3) is 5.91 Å². The first-order valence-corrected chi connectivity index (χ1v) is 9.70. The molecular formula is C21H27N3O3. The highest BCUT2D eigenvalue weighted by Gasteiger charge is 2.17. The van der Waals surface area contributed by atoms with E-state index in [9.17, 15) is 9.59 Å². The van der Waals surface area contributed by atoms with E-state index in [2.05, 4.69) is 10.4 Å². The van der Waals surface area contributed by atoms with E-state index in [1.807, 2.05) is 19.1 Å². The van der Waals surface area contributed by atoms with Crippen LogP contribution in [0.3, 0.4) is 0 Å². The van der Waals surface area contributed by atoms with Crippen LogP contribution in [0.15, 0.2) is 30.5 Å². The molecule has 6 nitrogen and oxygen atoms in total. The van der Waals surface area contributed by atoms with Crippen LogP contribution in [0.4, 0.5) is 0 Å². The van der Waals surface area contributed by atoms with Gasteiger partial charge in [0.1, 0.15) is 5.56 Å². The predicted octanol–water partition coefficient (Wildman–Crippen LogP) is 3.67. The molecule has 1 N–H and O–H groups in total. The number of benzene rings is 1. The van der Waals surface area contributed by atoms with Crippen molar-refractivity contribution in [1.29, 1.82) is 0 Å². The topological polar surface area (TPSA) is 73.2 Å². The Labute approximate surface area is 159 Å². The van der Waals surface area contributed by atoms with Crippen molar-refractivity contribution in [2.24, 2.45) is 5.92 Å². The van der Waals surface area contributed by atoms with Crippen molar-refractivity contribution < 1.29 is 14.3 Å². The van der Waals surface area contributed by atoms with Crippen molar-refractivity contribution in [2.45, 2.75) is 46.0 Å². The average Bonchev–Trinajstić information content (AvgIpc) is 3.32.